The van der Waals surface area contributed by atoms with Gasteiger partial charge in [-0.25, -0.2) is 0 Å². The highest BCUT2D eigenvalue weighted by molar-refractivity contribution is 7.98. The molecule has 1 aliphatic heterocycles. The topological polar surface area (TPSA) is 15.3 Å². The first-order valence-electron chi connectivity index (χ1n) is 6.57. The Morgan fingerprint density at radius 1 is 1.44 bits per heavy atom. The third-order valence-corrected chi connectivity index (χ3v) is 4.04. The molecule has 0 aliphatic carbocycles. The van der Waals surface area contributed by atoms with Gasteiger partial charge in [-0.2, -0.15) is 11.8 Å². The summed E-state index contributed by atoms with van der Waals surface area (Å²) in [7, 11) is 0. The van der Waals surface area contributed by atoms with Gasteiger partial charge in [0.1, 0.15) is 0 Å². The van der Waals surface area contributed by atoms with E-state index in [0.29, 0.717) is 5.54 Å². The van der Waals surface area contributed by atoms with Crippen LogP contribution in [0.2, 0.25) is 0 Å². The van der Waals surface area contributed by atoms with Crippen LogP contribution in [0, 0.1) is 0 Å². The Morgan fingerprint density at radius 2 is 2.19 bits per heavy atom. The predicted octanol–water partition coefficient (Wildman–Crippen LogP) is 2.59. The van der Waals surface area contributed by atoms with E-state index >= 15 is 0 Å². The van der Waals surface area contributed by atoms with E-state index in [1.807, 2.05) is 11.8 Å². The van der Waals surface area contributed by atoms with Gasteiger partial charge in [-0.1, -0.05) is 13.3 Å². The van der Waals surface area contributed by atoms with Gasteiger partial charge in [-0.3, -0.25) is 4.90 Å². The van der Waals surface area contributed by atoms with E-state index in [-0.39, 0.29) is 0 Å². The second kappa shape index (κ2) is 6.87. The van der Waals surface area contributed by atoms with E-state index in [4.69, 9.17) is 0 Å². The minimum absolute atomic E-state index is 0.295. The summed E-state index contributed by atoms with van der Waals surface area (Å²) in [5, 5.41) is 3.67. The van der Waals surface area contributed by atoms with Crippen LogP contribution in [0.1, 0.15) is 40.0 Å². The maximum absolute atomic E-state index is 3.67. The van der Waals surface area contributed by atoms with Crippen molar-refractivity contribution in [1.29, 1.82) is 0 Å². The van der Waals surface area contributed by atoms with Gasteiger partial charge < -0.3 is 5.32 Å². The summed E-state index contributed by atoms with van der Waals surface area (Å²) < 4.78 is 0. The smallest absolute Gasteiger partial charge is 0.0252 e. The second-order valence-corrected chi connectivity index (χ2v) is 6.51. The molecule has 1 unspecified atom stereocenters. The van der Waals surface area contributed by atoms with Crippen LogP contribution in [-0.4, -0.2) is 48.1 Å². The van der Waals surface area contributed by atoms with Crippen LogP contribution in [0.15, 0.2) is 0 Å². The first kappa shape index (κ1) is 14.3. The van der Waals surface area contributed by atoms with Crippen molar-refractivity contribution in [3.8, 4) is 0 Å². The van der Waals surface area contributed by atoms with Crippen LogP contribution in [0.25, 0.3) is 0 Å². The Hall–Kier alpha value is 0.270. The Morgan fingerprint density at radius 3 is 2.81 bits per heavy atom. The Kier molecular flexibility index (Phi) is 6.16. The fourth-order valence-corrected chi connectivity index (χ4v) is 2.93. The summed E-state index contributed by atoms with van der Waals surface area (Å²) in [4.78, 5) is 2.70. The Labute approximate surface area is 106 Å². The molecule has 0 saturated carbocycles. The van der Waals surface area contributed by atoms with Gasteiger partial charge >= 0.3 is 0 Å². The number of nitrogens with one attached hydrogen (secondary N) is 1. The average molecular weight is 244 g/mol. The van der Waals surface area contributed by atoms with Crippen molar-refractivity contribution in [1.82, 2.24) is 10.2 Å². The minimum atomic E-state index is 0.295. The van der Waals surface area contributed by atoms with Crippen LogP contribution in [0.5, 0.6) is 0 Å². The Balaban J connectivity index is 2.43. The van der Waals surface area contributed by atoms with E-state index in [0.717, 1.165) is 6.04 Å². The van der Waals surface area contributed by atoms with Crippen LogP contribution in [0.4, 0.5) is 0 Å². The molecule has 0 aromatic rings. The number of hydrogen-bond donors (Lipinski definition) is 1. The second-order valence-electron chi connectivity index (χ2n) is 5.52. The maximum atomic E-state index is 3.67. The highest BCUT2D eigenvalue weighted by atomic mass is 32.2. The molecule has 96 valence electrons. The van der Waals surface area contributed by atoms with Crippen molar-refractivity contribution < 1.29 is 0 Å². The third kappa shape index (κ3) is 4.64. The normalized spacial score (nSPS) is 25.9. The number of piperazine rings is 1. The molecule has 3 heteroatoms. The van der Waals surface area contributed by atoms with Gasteiger partial charge in [0, 0.05) is 24.7 Å². The van der Waals surface area contributed by atoms with E-state index < -0.39 is 0 Å². The van der Waals surface area contributed by atoms with Crippen LogP contribution >= 0.6 is 11.8 Å². The molecule has 2 nitrogen and oxygen atoms in total. The monoisotopic (exact) mass is 244 g/mol. The number of hydrogen-bond acceptors (Lipinski definition) is 3. The standard InChI is InChI=1S/C13H28N2S/c1-5-7-12-10-14-13(2,3)11-15(12)8-6-9-16-4/h12,14H,5-11H2,1-4H3. The van der Waals surface area contributed by atoms with Crippen molar-refractivity contribution in [2.24, 2.45) is 0 Å². The molecule has 1 fully saturated rings. The molecule has 1 aliphatic rings. The first-order chi connectivity index (χ1) is 7.59. The van der Waals surface area contributed by atoms with Crippen molar-refractivity contribution in [2.75, 3.05) is 31.6 Å². The average Bonchev–Trinajstić information content (AvgIpc) is 2.22. The molecule has 16 heavy (non-hydrogen) atoms. The SMILES string of the molecule is CCCC1CNC(C)(C)CN1CCCSC. The summed E-state index contributed by atoms with van der Waals surface area (Å²) in [6.07, 6.45) is 6.16. The van der Waals surface area contributed by atoms with Crippen molar-refractivity contribution >= 4 is 11.8 Å². The zero-order valence-corrected chi connectivity index (χ0v) is 12.2. The van der Waals surface area contributed by atoms with E-state index in [2.05, 4.69) is 37.2 Å². The molecule has 0 aromatic carbocycles. The van der Waals surface area contributed by atoms with Crippen LogP contribution in [-0.2, 0) is 0 Å². The highest BCUT2D eigenvalue weighted by Crippen LogP contribution is 2.18. The van der Waals surface area contributed by atoms with Gasteiger partial charge in [-0.05, 0) is 45.2 Å². The maximum Gasteiger partial charge on any atom is 0.0252 e. The van der Waals surface area contributed by atoms with Gasteiger partial charge in [0.2, 0.25) is 0 Å². The van der Waals surface area contributed by atoms with Gasteiger partial charge in [0.05, 0.1) is 0 Å². The molecule has 1 rings (SSSR count). The fourth-order valence-electron chi connectivity index (χ4n) is 2.51. The third-order valence-electron chi connectivity index (χ3n) is 3.35. The van der Waals surface area contributed by atoms with E-state index in [1.54, 1.807) is 0 Å². The summed E-state index contributed by atoms with van der Waals surface area (Å²) in [5.74, 6) is 1.29. The van der Waals surface area contributed by atoms with Gasteiger partial charge in [0.25, 0.3) is 0 Å². The van der Waals surface area contributed by atoms with Gasteiger partial charge in [0.15, 0.2) is 0 Å². The van der Waals surface area contributed by atoms with Crippen LogP contribution in [0.3, 0.4) is 0 Å². The fraction of sp³-hybridized carbons (Fsp3) is 1.00. The van der Waals surface area contributed by atoms with E-state index in [9.17, 15) is 0 Å². The summed E-state index contributed by atoms with van der Waals surface area (Å²) in [5.41, 5.74) is 0.295. The van der Waals surface area contributed by atoms with E-state index in [1.165, 1.54) is 44.6 Å². The lowest BCUT2D eigenvalue weighted by Gasteiger charge is -2.44. The lowest BCUT2D eigenvalue weighted by atomic mass is 9.96. The number of rotatable bonds is 6. The molecule has 0 spiro atoms. The number of nitrogens with zero attached hydrogens (tertiary/aromatic N) is 1. The lowest BCUT2D eigenvalue weighted by molar-refractivity contribution is 0.0900. The number of thioether (sulfide) groups is 1. The zero-order valence-electron chi connectivity index (χ0n) is 11.4. The lowest BCUT2D eigenvalue weighted by Crippen LogP contribution is -2.61. The quantitative estimate of drug-likeness (QED) is 0.723. The van der Waals surface area contributed by atoms with Crippen LogP contribution < -0.4 is 5.32 Å². The predicted molar refractivity (Wildman–Crippen MR) is 75.3 cm³/mol. The summed E-state index contributed by atoms with van der Waals surface area (Å²) >= 11 is 1.96. The molecular weight excluding hydrogens is 216 g/mol. The van der Waals surface area contributed by atoms with Crippen molar-refractivity contribution in [2.45, 2.75) is 51.6 Å². The summed E-state index contributed by atoms with van der Waals surface area (Å²) in [6.45, 7) is 10.6. The van der Waals surface area contributed by atoms with Gasteiger partial charge in [-0.15, -0.1) is 0 Å². The molecule has 1 atom stereocenters. The zero-order chi connectivity index (χ0) is 12.0. The molecule has 0 aromatic heterocycles. The molecule has 0 amide bonds. The molecular formula is C13H28N2S. The minimum Gasteiger partial charge on any atom is -0.309 e. The first-order valence-corrected chi connectivity index (χ1v) is 7.96. The molecule has 1 saturated heterocycles. The Bertz CT molecular complexity index is 194. The van der Waals surface area contributed by atoms with Crippen molar-refractivity contribution in [3.05, 3.63) is 0 Å². The largest absolute Gasteiger partial charge is 0.309 e. The van der Waals surface area contributed by atoms with Crippen molar-refractivity contribution in [3.63, 3.8) is 0 Å². The molecule has 1 heterocycles. The molecule has 0 bridgehead atoms. The highest BCUT2D eigenvalue weighted by Gasteiger charge is 2.31. The molecule has 1 N–H and O–H groups in total. The molecule has 0 radical (unpaired) electrons. The summed E-state index contributed by atoms with van der Waals surface area (Å²) in [6, 6.07) is 0.764.